The van der Waals surface area contributed by atoms with Gasteiger partial charge < -0.3 is 4.52 Å². The first-order valence-electron chi connectivity index (χ1n) is 2.97. The van der Waals surface area contributed by atoms with Crippen molar-refractivity contribution in [1.82, 2.24) is 0 Å². The van der Waals surface area contributed by atoms with Crippen LogP contribution in [0.1, 0.15) is 6.92 Å². The van der Waals surface area contributed by atoms with Gasteiger partial charge in [-0.3, -0.25) is 4.57 Å². The maximum absolute atomic E-state index is 11.3. The Balaban J connectivity index is 3.10. The molecule has 0 bridgehead atoms. The standard InChI is InChI=1S/C7H9O2P/c1-4-7-5-9-10(3,8)6(7)2/h1H,5H2,2-3H3. The quantitative estimate of drug-likeness (QED) is 0.395. The minimum absolute atomic E-state index is 0.343. The van der Waals surface area contributed by atoms with Crippen LogP contribution in [0.5, 0.6) is 0 Å². The van der Waals surface area contributed by atoms with Gasteiger partial charge in [-0.2, -0.15) is 0 Å². The second-order valence-electron chi connectivity index (χ2n) is 2.33. The smallest absolute Gasteiger partial charge is 0.226 e. The summed E-state index contributed by atoms with van der Waals surface area (Å²) in [5.74, 6) is 2.45. The highest BCUT2D eigenvalue weighted by atomic mass is 31.2. The lowest BCUT2D eigenvalue weighted by atomic mass is 10.3. The van der Waals surface area contributed by atoms with Crippen molar-refractivity contribution >= 4 is 7.37 Å². The van der Waals surface area contributed by atoms with Gasteiger partial charge in [0.05, 0.1) is 6.61 Å². The average molecular weight is 156 g/mol. The van der Waals surface area contributed by atoms with Crippen LogP contribution in [0.4, 0.5) is 0 Å². The van der Waals surface area contributed by atoms with Crippen molar-refractivity contribution in [2.45, 2.75) is 6.92 Å². The molecule has 10 heavy (non-hydrogen) atoms. The lowest BCUT2D eigenvalue weighted by Crippen LogP contribution is -1.81. The lowest BCUT2D eigenvalue weighted by Gasteiger charge is -2.02. The normalized spacial score (nSPS) is 32.5. The molecule has 0 amide bonds. The van der Waals surface area contributed by atoms with E-state index >= 15 is 0 Å². The van der Waals surface area contributed by atoms with Crippen molar-refractivity contribution in [3.8, 4) is 12.3 Å². The number of rotatable bonds is 0. The molecule has 0 saturated heterocycles. The summed E-state index contributed by atoms with van der Waals surface area (Å²) in [5.41, 5.74) is 0.742. The van der Waals surface area contributed by atoms with Crippen LogP contribution in [0.3, 0.4) is 0 Å². The molecule has 0 aromatic carbocycles. The Morgan fingerprint density at radius 2 is 2.40 bits per heavy atom. The molecule has 0 radical (unpaired) electrons. The zero-order valence-corrected chi connectivity index (χ0v) is 6.94. The molecule has 0 spiro atoms. The molecule has 0 fully saturated rings. The van der Waals surface area contributed by atoms with Crippen LogP contribution in [0.2, 0.25) is 0 Å². The van der Waals surface area contributed by atoms with E-state index in [0.29, 0.717) is 6.61 Å². The van der Waals surface area contributed by atoms with E-state index in [-0.39, 0.29) is 0 Å². The molecular weight excluding hydrogens is 147 g/mol. The topological polar surface area (TPSA) is 26.3 Å². The number of hydrogen-bond donors (Lipinski definition) is 0. The fourth-order valence-corrected chi connectivity index (χ4v) is 1.97. The van der Waals surface area contributed by atoms with E-state index in [2.05, 4.69) is 5.92 Å². The van der Waals surface area contributed by atoms with Gasteiger partial charge in [0.15, 0.2) is 0 Å². The Morgan fingerprint density at radius 3 is 2.60 bits per heavy atom. The summed E-state index contributed by atoms with van der Waals surface area (Å²) >= 11 is 0. The molecule has 1 heterocycles. The first kappa shape index (κ1) is 7.60. The van der Waals surface area contributed by atoms with Gasteiger partial charge in [0.25, 0.3) is 0 Å². The van der Waals surface area contributed by atoms with E-state index in [9.17, 15) is 4.57 Å². The van der Waals surface area contributed by atoms with Crippen molar-refractivity contribution in [2.75, 3.05) is 13.3 Å². The molecule has 3 heteroatoms. The molecule has 0 aliphatic carbocycles. The highest BCUT2D eigenvalue weighted by molar-refractivity contribution is 7.62. The van der Waals surface area contributed by atoms with Gasteiger partial charge >= 0.3 is 0 Å². The summed E-state index contributed by atoms with van der Waals surface area (Å²) < 4.78 is 16.3. The highest BCUT2D eigenvalue weighted by Gasteiger charge is 2.28. The number of hydrogen-bond acceptors (Lipinski definition) is 2. The lowest BCUT2D eigenvalue weighted by molar-refractivity contribution is 0.370. The van der Waals surface area contributed by atoms with Crippen molar-refractivity contribution in [3.05, 3.63) is 10.9 Å². The Morgan fingerprint density at radius 1 is 1.80 bits per heavy atom. The number of terminal acetylenes is 1. The van der Waals surface area contributed by atoms with Gasteiger partial charge in [0, 0.05) is 17.6 Å². The minimum Gasteiger partial charge on any atom is -0.320 e. The first-order chi connectivity index (χ1) is 4.58. The van der Waals surface area contributed by atoms with E-state index < -0.39 is 7.37 Å². The van der Waals surface area contributed by atoms with Crippen LogP contribution in [0.15, 0.2) is 10.9 Å². The van der Waals surface area contributed by atoms with Gasteiger partial charge in [-0.25, -0.2) is 0 Å². The van der Waals surface area contributed by atoms with Gasteiger partial charge in [-0.05, 0) is 6.92 Å². The van der Waals surface area contributed by atoms with Crippen LogP contribution in [0, 0.1) is 12.3 Å². The molecule has 1 rings (SSSR count). The summed E-state index contributed by atoms with van der Waals surface area (Å²) in [6, 6.07) is 0. The van der Waals surface area contributed by atoms with Crippen molar-refractivity contribution in [2.24, 2.45) is 0 Å². The Bertz CT molecular complexity index is 270. The number of allylic oxidation sites excluding steroid dienone is 1. The summed E-state index contributed by atoms with van der Waals surface area (Å²) in [6.45, 7) is 3.70. The molecule has 0 aromatic heterocycles. The maximum Gasteiger partial charge on any atom is 0.226 e. The van der Waals surface area contributed by atoms with Crippen LogP contribution < -0.4 is 0 Å². The summed E-state index contributed by atoms with van der Waals surface area (Å²) in [7, 11) is -2.47. The summed E-state index contributed by atoms with van der Waals surface area (Å²) in [5, 5.41) is 0.745. The first-order valence-corrected chi connectivity index (χ1v) is 5.04. The van der Waals surface area contributed by atoms with Gasteiger partial charge in [-0.15, -0.1) is 6.42 Å². The van der Waals surface area contributed by atoms with E-state index in [1.165, 1.54) is 0 Å². The van der Waals surface area contributed by atoms with Crippen LogP contribution >= 0.6 is 7.37 Å². The zero-order valence-electron chi connectivity index (χ0n) is 6.05. The van der Waals surface area contributed by atoms with Crippen molar-refractivity contribution in [1.29, 1.82) is 0 Å². The van der Waals surface area contributed by atoms with Crippen LogP contribution in [-0.4, -0.2) is 13.3 Å². The third-order valence-corrected chi connectivity index (χ3v) is 3.79. The molecule has 0 saturated carbocycles. The molecule has 2 nitrogen and oxygen atoms in total. The second-order valence-corrected chi connectivity index (χ2v) is 4.95. The van der Waals surface area contributed by atoms with Gasteiger partial charge in [0.2, 0.25) is 7.37 Å². The third-order valence-electron chi connectivity index (χ3n) is 1.68. The fourth-order valence-electron chi connectivity index (χ4n) is 0.780. The molecule has 1 aliphatic rings. The summed E-state index contributed by atoms with van der Waals surface area (Å²) in [6.07, 6.45) is 5.14. The molecular formula is C7H9O2P. The predicted octanol–water partition coefficient (Wildman–Crippen LogP) is 1.83. The molecule has 1 unspecified atom stereocenters. The van der Waals surface area contributed by atoms with E-state index in [1.807, 2.05) is 0 Å². The molecule has 0 aromatic rings. The SMILES string of the molecule is C#CC1=C(C)P(C)(=O)OC1. The Hall–Kier alpha value is -0.510. The van der Waals surface area contributed by atoms with Gasteiger partial charge in [-0.1, -0.05) is 5.92 Å². The van der Waals surface area contributed by atoms with E-state index in [4.69, 9.17) is 10.9 Å². The van der Waals surface area contributed by atoms with Gasteiger partial charge in [0.1, 0.15) is 0 Å². The monoisotopic (exact) mass is 156 g/mol. The molecule has 0 N–H and O–H groups in total. The van der Waals surface area contributed by atoms with E-state index in [0.717, 1.165) is 10.9 Å². The van der Waals surface area contributed by atoms with Crippen LogP contribution in [0.25, 0.3) is 0 Å². The second kappa shape index (κ2) is 2.27. The van der Waals surface area contributed by atoms with E-state index in [1.54, 1.807) is 13.6 Å². The molecule has 54 valence electrons. The molecule has 1 aliphatic heterocycles. The Labute approximate surface area is 60.7 Å². The van der Waals surface area contributed by atoms with Crippen molar-refractivity contribution < 1.29 is 9.09 Å². The summed E-state index contributed by atoms with van der Waals surface area (Å²) in [4.78, 5) is 0. The van der Waals surface area contributed by atoms with Crippen molar-refractivity contribution in [3.63, 3.8) is 0 Å². The predicted molar refractivity (Wildman–Crippen MR) is 41.0 cm³/mol. The van der Waals surface area contributed by atoms with Crippen LogP contribution in [-0.2, 0) is 9.09 Å². The minimum atomic E-state index is -2.47. The average Bonchev–Trinajstić information content (AvgIpc) is 2.10. The molecule has 1 atom stereocenters. The Kier molecular flexibility index (Phi) is 1.72. The largest absolute Gasteiger partial charge is 0.320 e. The third kappa shape index (κ3) is 1.03. The highest BCUT2D eigenvalue weighted by Crippen LogP contribution is 2.56. The zero-order chi connectivity index (χ0) is 7.78. The maximum atomic E-state index is 11.3. The fraction of sp³-hybridized carbons (Fsp3) is 0.429.